The van der Waals surface area contributed by atoms with Crippen molar-refractivity contribution in [3.05, 3.63) is 29.8 Å². The third-order valence-electron chi connectivity index (χ3n) is 1.86. The number of hydrogen-bond acceptors (Lipinski definition) is 3. The Bertz CT molecular complexity index is 467. The highest BCUT2D eigenvalue weighted by Crippen LogP contribution is 2.24. The van der Waals surface area contributed by atoms with Crippen LogP contribution in [0.2, 0.25) is 0 Å². The second-order valence-corrected chi connectivity index (χ2v) is 5.56. The molecule has 1 aromatic carbocycles. The Morgan fingerprint density at radius 1 is 1.33 bits per heavy atom. The minimum Gasteiger partial charge on any atom is -0.298 e. The summed E-state index contributed by atoms with van der Waals surface area (Å²) in [5, 5.41) is 4.94. The van der Waals surface area contributed by atoms with Crippen LogP contribution in [0.3, 0.4) is 0 Å². The lowest BCUT2D eigenvalue weighted by Crippen LogP contribution is -2.12. The number of Topliss-reactive ketones (excluding diaryl/α,β-unsaturated/α-hetero) is 1. The van der Waals surface area contributed by atoms with Crippen LogP contribution < -0.4 is 5.14 Å². The molecule has 82 valence electrons. The van der Waals surface area contributed by atoms with Gasteiger partial charge in [0.05, 0.1) is 9.72 Å². The van der Waals surface area contributed by atoms with Crippen molar-refractivity contribution in [2.24, 2.45) is 5.14 Å². The van der Waals surface area contributed by atoms with Crippen LogP contribution in [-0.4, -0.2) is 14.2 Å². The molecule has 15 heavy (non-hydrogen) atoms. The first-order valence-electron chi connectivity index (χ1n) is 4.09. The lowest BCUT2D eigenvalue weighted by atomic mass is 10.1. The number of hydrogen-bond donors (Lipinski definition) is 1. The predicted octanol–water partition coefficient (Wildman–Crippen LogP) is 1.36. The van der Waals surface area contributed by atoms with Gasteiger partial charge in [-0.1, -0.05) is 28.1 Å². The molecule has 2 N–H and O–H groups in total. The Morgan fingerprint density at radius 3 is 2.13 bits per heavy atom. The second kappa shape index (κ2) is 4.42. The van der Waals surface area contributed by atoms with Crippen LogP contribution in [0.4, 0.5) is 0 Å². The molecule has 0 saturated heterocycles. The Hall–Kier alpha value is -0.720. The zero-order chi connectivity index (χ0) is 11.6. The highest BCUT2D eigenvalue weighted by atomic mass is 79.9. The number of primary sulfonamides is 1. The fourth-order valence-electron chi connectivity index (χ4n) is 1.06. The first-order chi connectivity index (χ1) is 6.82. The van der Waals surface area contributed by atoms with E-state index in [1.807, 2.05) is 0 Å². The first kappa shape index (κ1) is 12.4. The van der Waals surface area contributed by atoms with Gasteiger partial charge in [-0.3, -0.25) is 4.79 Å². The van der Waals surface area contributed by atoms with Gasteiger partial charge >= 0.3 is 0 Å². The maximum absolute atomic E-state index is 11.0. The number of sulfonamides is 1. The Morgan fingerprint density at radius 2 is 1.80 bits per heavy atom. The molecule has 4 nitrogen and oxygen atoms in total. The fraction of sp³-hybridized carbons (Fsp3) is 0.222. The third kappa shape index (κ3) is 3.12. The van der Waals surface area contributed by atoms with Gasteiger partial charge in [-0.15, -0.1) is 0 Å². The zero-order valence-corrected chi connectivity index (χ0v) is 10.4. The molecule has 0 heterocycles. The Kier molecular flexibility index (Phi) is 3.64. The van der Waals surface area contributed by atoms with E-state index in [1.165, 1.54) is 19.1 Å². The van der Waals surface area contributed by atoms with Crippen LogP contribution in [0.25, 0.3) is 0 Å². The molecule has 0 fully saturated rings. The summed E-state index contributed by atoms with van der Waals surface area (Å²) in [6, 6.07) is 5.87. The zero-order valence-electron chi connectivity index (χ0n) is 7.98. The van der Waals surface area contributed by atoms with E-state index in [0.29, 0.717) is 5.56 Å². The van der Waals surface area contributed by atoms with Crippen LogP contribution in [0.5, 0.6) is 0 Å². The van der Waals surface area contributed by atoms with Crippen LogP contribution >= 0.6 is 15.9 Å². The van der Waals surface area contributed by atoms with Gasteiger partial charge in [0.1, 0.15) is 5.78 Å². The molecule has 1 aromatic rings. The van der Waals surface area contributed by atoms with Crippen LogP contribution in [0, 0.1) is 0 Å². The van der Waals surface area contributed by atoms with Gasteiger partial charge in [0, 0.05) is 0 Å². The molecule has 0 aliphatic carbocycles. The number of ketones is 1. The predicted molar refractivity (Wildman–Crippen MR) is 60.2 cm³/mol. The normalized spacial score (nSPS) is 13.5. The molecule has 6 heteroatoms. The van der Waals surface area contributed by atoms with Crippen molar-refractivity contribution in [2.75, 3.05) is 0 Å². The SMILES string of the molecule is CC(=O)C(Br)c1ccc(S(N)(=O)=O)cc1. The highest BCUT2D eigenvalue weighted by Gasteiger charge is 2.13. The largest absolute Gasteiger partial charge is 0.298 e. The van der Waals surface area contributed by atoms with Crippen molar-refractivity contribution >= 4 is 31.7 Å². The van der Waals surface area contributed by atoms with Gasteiger partial charge in [-0.2, -0.15) is 0 Å². The maximum Gasteiger partial charge on any atom is 0.238 e. The van der Waals surface area contributed by atoms with E-state index in [1.54, 1.807) is 12.1 Å². The topological polar surface area (TPSA) is 77.2 Å². The average molecular weight is 292 g/mol. The lowest BCUT2D eigenvalue weighted by Gasteiger charge is -2.06. The summed E-state index contributed by atoms with van der Waals surface area (Å²) in [6.45, 7) is 1.45. The van der Waals surface area contributed by atoms with Gasteiger partial charge in [0.15, 0.2) is 0 Å². The molecule has 1 rings (SSSR count). The first-order valence-corrected chi connectivity index (χ1v) is 6.56. The summed E-state index contributed by atoms with van der Waals surface area (Å²) in [7, 11) is -3.67. The average Bonchev–Trinajstić information content (AvgIpc) is 2.15. The minimum absolute atomic E-state index is 0.0366. The van der Waals surface area contributed by atoms with E-state index in [9.17, 15) is 13.2 Å². The summed E-state index contributed by atoms with van der Waals surface area (Å²) in [4.78, 5) is 10.7. The maximum atomic E-state index is 11.0. The minimum atomic E-state index is -3.67. The number of nitrogens with two attached hydrogens (primary N) is 1. The molecule has 0 amide bonds. The van der Waals surface area contributed by atoms with Crippen LogP contribution in [0.1, 0.15) is 17.3 Å². The van der Waals surface area contributed by atoms with E-state index in [0.717, 1.165) is 0 Å². The Balaban J connectivity index is 3.06. The summed E-state index contributed by atoms with van der Waals surface area (Å²) < 4.78 is 21.9. The number of carbonyl (C=O) groups excluding carboxylic acids is 1. The number of halogens is 1. The molecule has 1 atom stereocenters. The number of carbonyl (C=O) groups is 1. The Labute approximate surface area is 96.7 Å². The number of rotatable bonds is 3. The third-order valence-corrected chi connectivity index (χ3v) is 3.96. The van der Waals surface area contributed by atoms with E-state index in [2.05, 4.69) is 15.9 Å². The molecule has 0 spiro atoms. The molecular weight excluding hydrogens is 282 g/mol. The van der Waals surface area contributed by atoms with Crippen molar-refractivity contribution < 1.29 is 13.2 Å². The molecule has 0 aliphatic heterocycles. The quantitative estimate of drug-likeness (QED) is 0.854. The summed E-state index contributed by atoms with van der Waals surface area (Å²) >= 11 is 3.20. The van der Waals surface area contributed by atoms with E-state index >= 15 is 0 Å². The molecule has 1 unspecified atom stereocenters. The fourth-order valence-corrected chi connectivity index (χ4v) is 1.88. The summed E-state index contributed by atoms with van der Waals surface area (Å²) in [5.41, 5.74) is 0.704. The van der Waals surface area contributed by atoms with Gasteiger partial charge in [0.2, 0.25) is 10.0 Å². The van der Waals surface area contributed by atoms with E-state index < -0.39 is 14.9 Å². The molecule has 0 bridgehead atoms. The van der Waals surface area contributed by atoms with Gasteiger partial charge < -0.3 is 0 Å². The highest BCUT2D eigenvalue weighted by molar-refractivity contribution is 9.09. The lowest BCUT2D eigenvalue weighted by molar-refractivity contribution is -0.116. The van der Waals surface area contributed by atoms with Crippen molar-refractivity contribution in [2.45, 2.75) is 16.6 Å². The number of benzene rings is 1. The van der Waals surface area contributed by atoms with E-state index in [-0.39, 0.29) is 10.7 Å². The number of alkyl halides is 1. The molecule has 0 saturated carbocycles. The molecule has 0 aromatic heterocycles. The molecule has 0 radical (unpaired) electrons. The van der Waals surface area contributed by atoms with Crippen LogP contribution in [-0.2, 0) is 14.8 Å². The standard InChI is InChI=1S/C9H10BrNO3S/c1-6(12)9(10)7-2-4-8(5-3-7)15(11,13)14/h2-5,9H,1H3,(H2,11,13,14). The van der Waals surface area contributed by atoms with Gasteiger partial charge in [-0.25, -0.2) is 13.6 Å². The smallest absolute Gasteiger partial charge is 0.238 e. The summed E-state index contributed by atoms with van der Waals surface area (Å²) in [5.74, 6) is -0.0432. The monoisotopic (exact) mass is 291 g/mol. The van der Waals surface area contributed by atoms with Crippen molar-refractivity contribution in [3.8, 4) is 0 Å². The molecular formula is C9H10BrNO3S. The van der Waals surface area contributed by atoms with Gasteiger partial charge in [0.25, 0.3) is 0 Å². The van der Waals surface area contributed by atoms with Crippen molar-refractivity contribution in [3.63, 3.8) is 0 Å². The second-order valence-electron chi connectivity index (χ2n) is 3.09. The molecule has 0 aliphatic rings. The van der Waals surface area contributed by atoms with Crippen molar-refractivity contribution in [1.82, 2.24) is 0 Å². The summed E-state index contributed by atoms with van der Waals surface area (Å²) in [6.07, 6.45) is 0. The van der Waals surface area contributed by atoms with Crippen molar-refractivity contribution in [1.29, 1.82) is 0 Å². The van der Waals surface area contributed by atoms with Crippen LogP contribution in [0.15, 0.2) is 29.2 Å². The van der Waals surface area contributed by atoms with Gasteiger partial charge in [-0.05, 0) is 24.6 Å². The van der Waals surface area contributed by atoms with E-state index in [4.69, 9.17) is 5.14 Å².